The van der Waals surface area contributed by atoms with Crippen LogP contribution in [-0.2, 0) is 6.42 Å². The molecule has 1 fully saturated rings. The molecule has 2 rings (SSSR count). The number of halogens is 1. The lowest BCUT2D eigenvalue weighted by molar-refractivity contribution is 0.288. The van der Waals surface area contributed by atoms with Crippen molar-refractivity contribution in [2.75, 3.05) is 39.8 Å². The van der Waals surface area contributed by atoms with Crippen molar-refractivity contribution in [1.82, 2.24) is 10.2 Å². The first-order valence-electron chi connectivity index (χ1n) is 7.89. The van der Waals surface area contributed by atoms with Crippen LogP contribution in [0.4, 0.5) is 0 Å². The van der Waals surface area contributed by atoms with Gasteiger partial charge in [-0.25, -0.2) is 0 Å². The van der Waals surface area contributed by atoms with Gasteiger partial charge in [0, 0.05) is 18.1 Å². The zero-order valence-corrected chi connectivity index (χ0v) is 14.2. The highest BCUT2D eigenvalue weighted by Crippen LogP contribution is 2.32. The van der Waals surface area contributed by atoms with Crippen LogP contribution < -0.4 is 10.1 Å². The van der Waals surface area contributed by atoms with E-state index in [-0.39, 0.29) is 0 Å². The zero-order chi connectivity index (χ0) is 15.2. The van der Waals surface area contributed by atoms with Crippen molar-refractivity contribution in [1.29, 1.82) is 0 Å². The maximum Gasteiger partial charge on any atom is 0.125 e. The van der Waals surface area contributed by atoms with E-state index in [2.05, 4.69) is 24.1 Å². The first-order chi connectivity index (χ1) is 10.1. The number of methoxy groups -OCH3 is 1. The fraction of sp³-hybridized carbons (Fsp3) is 0.647. The minimum atomic E-state index is 0.849. The van der Waals surface area contributed by atoms with Crippen LogP contribution in [0.1, 0.15) is 29.5 Å². The Balaban J connectivity index is 1.99. The summed E-state index contributed by atoms with van der Waals surface area (Å²) in [6.07, 6.45) is 3.43. The summed E-state index contributed by atoms with van der Waals surface area (Å²) in [5.74, 6) is 1.01. The van der Waals surface area contributed by atoms with Gasteiger partial charge in [0.25, 0.3) is 0 Å². The zero-order valence-electron chi connectivity index (χ0n) is 13.5. The van der Waals surface area contributed by atoms with Gasteiger partial charge in [-0.2, -0.15) is 0 Å². The third kappa shape index (κ3) is 4.35. The number of hydrogen-bond donors (Lipinski definition) is 1. The van der Waals surface area contributed by atoms with Gasteiger partial charge in [-0.05, 0) is 75.5 Å². The highest BCUT2D eigenvalue weighted by molar-refractivity contribution is 6.31. The number of nitrogens with zero attached hydrogens (tertiary/aromatic N) is 1. The van der Waals surface area contributed by atoms with E-state index in [1.165, 1.54) is 18.5 Å². The maximum atomic E-state index is 6.32. The smallest absolute Gasteiger partial charge is 0.125 e. The second kappa shape index (κ2) is 8.02. The summed E-state index contributed by atoms with van der Waals surface area (Å²) < 4.78 is 5.59. The molecule has 0 unspecified atom stereocenters. The van der Waals surface area contributed by atoms with E-state index in [9.17, 15) is 0 Å². The van der Waals surface area contributed by atoms with Gasteiger partial charge in [0.1, 0.15) is 5.75 Å². The van der Waals surface area contributed by atoms with Crippen LogP contribution >= 0.6 is 11.6 Å². The molecule has 1 aromatic carbocycles. The molecule has 1 saturated heterocycles. The molecule has 0 bridgehead atoms. The fourth-order valence-corrected chi connectivity index (χ4v) is 3.38. The summed E-state index contributed by atoms with van der Waals surface area (Å²) in [6, 6.07) is 2.00. The predicted molar refractivity (Wildman–Crippen MR) is 89.7 cm³/mol. The van der Waals surface area contributed by atoms with Gasteiger partial charge < -0.3 is 15.0 Å². The first kappa shape index (κ1) is 16.6. The van der Waals surface area contributed by atoms with E-state index in [1.54, 1.807) is 7.11 Å². The van der Waals surface area contributed by atoms with Crippen LogP contribution in [0.3, 0.4) is 0 Å². The SMILES string of the molecule is COc1c(C)cc(Cl)c(C)c1CCCN1CCCNCC1. The molecular weight excluding hydrogens is 284 g/mol. The number of ether oxygens (including phenoxy) is 1. The lowest BCUT2D eigenvalue weighted by atomic mass is 9.99. The van der Waals surface area contributed by atoms with E-state index in [0.29, 0.717) is 0 Å². The van der Waals surface area contributed by atoms with Crippen molar-refractivity contribution in [2.45, 2.75) is 33.1 Å². The molecule has 0 aliphatic carbocycles. The Morgan fingerprint density at radius 2 is 2.10 bits per heavy atom. The molecule has 1 heterocycles. The minimum Gasteiger partial charge on any atom is -0.496 e. The maximum absolute atomic E-state index is 6.32. The standard InChI is InChI=1S/C17H27ClN2O/c1-13-12-16(18)14(2)15(17(13)21-3)6-4-9-20-10-5-7-19-8-11-20/h12,19H,4-11H2,1-3H3. The Kier molecular flexibility index (Phi) is 6.34. The lowest BCUT2D eigenvalue weighted by Crippen LogP contribution is -2.29. The van der Waals surface area contributed by atoms with Crippen molar-refractivity contribution in [3.05, 3.63) is 27.8 Å². The number of hydrogen-bond acceptors (Lipinski definition) is 3. The topological polar surface area (TPSA) is 24.5 Å². The Labute approximate surface area is 133 Å². The van der Waals surface area contributed by atoms with Crippen LogP contribution in [-0.4, -0.2) is 44.7 Å². The number of rotatable bonds is 5. The lowest BCUT2D eigenvalue weighted by Gasteiger charge is -2.20. The van der Waals surface area contributed by atoms with Gasteiger partial charge in [0.05, 0.1) is 7.11 Å². The van der Waals surface area contributed by atoms with E-state index in [4.69, 9.17) is 16.3 Å². The Hall–Kier alpha value is -0.770. The van der Waals surface area contributed by atoms with Crippen LogP contribution in [0, 0.1) is 13.8 Å². The van der Waals surface area contributed by atoms with Gasteiger partial charge in [0.15, 0.2) is 0 Å². The van der Waals surface area contributed by atoms with E-state index < -0.39 is 0 Å². The average Bonchev–Trinajstić information content (AvgIpc) is 2.73. The van der Waals surface area contributed by atoms with Crippen molar-refractivity contribution in [2.24, 2.45) is 0 Å². The average molecular weight is 311 g/mol. The van der Waals surface area contributed by atoms with Gasteiger partial charge in [-0.1, -0.05) is 11.6 Å². The molecular formula is C17H27ClN2O. The molecule has 0 amide bonds. The fourth-order valence-electron chi connectivity index (χ4n) is 3.11. The van der Waals surface area contributed by atoms with E-state index in [0.717, 1.165) is 60.9 Å². The molecule has 1 aromatic rings. The molecule has 0 radical (unpaired) electrons. The van der Waals surface area contributed by atoms with Gasteiger partial charge in [-0.15, -0.1) is 0 Å². The van der Waals surface area contributed by atoms with Crippen LogP contribution in [0.15, 0.2) is 6.07 Å². The third-order valence-electron chi connectivity index (χ3n) is 4.32. The summed E-state index contributed by atoms with van der Waals surface area (Å²) >= 11 is 6.32. The molecule has 118 valence electrons. The number of nitrogens with one attached hydrogen (secondary N) is 1. The van der Waals surface area contributed by atoms with Gasteiger partial charge >= 0.3 is 0 Å². The molecule has 3 nitrogen and oxygen atoms in total. The van der Waals surface area contributed by atoms with Crippen LogP contribution in [0.25, 0.3) is 0 Å². The minimum absolute atomic E-state index is 0.849. The molecule has 0 spiro atoms. The number of aryl methyl sites for hydroxylation is 1. The predicted octanol–water partition coefficient (Wildman–Crippen LogP) is 3.19. The number of benzene rings is 1. The summed E-state index contributed by atoms with van der Waals surface area (Å²) in [5.41, 5.74) is 3.56. The summed E-state index contributed by atoms with van der Waals surface area (Å²) in [6.45, 7) is 9.93. The van der Waals surface area contributed by atoms with Crippen molar-refractivity contribution in [3.8, 4) is 5.75 Å². The molecule has 1 aliphatic rings. The van der Waals surface area contributed by atoms with Crippen molar-refractivity contribution < 1.29 is 4.74 Å². The normalized spacial score (nSPS) is 16.8. The molecule has 1 aliphatic heterocycles. The van der Waals surface area contributed by atoms with Crippen molar-refractivity contribution in [3.63, 3.8) is 0 Å². The van der Waals surface area contributed by atoms with Gasteiger partial charge in [-0.3, -0.25) is 0 Å². The first-order valence-corrected chi connectivity index (χ1v) is 8.27. The molecule has 0 aromatic heterocycles. The summed E-state index contributed by atoms with van der Waals surface area (Å²) in [4.78, 5) is 2.55. The largest absolute Gasteiger partial charge is 0.496 e. The third-order valence-corrected chi connectivity index (χ3v) is 4.72. The second-order valence-electron chi connectivity index (χ2n) is 5.86. The van der Waals surface area contributed by atoms with Gasteiger partial charge in [0.2, 0.25) is 0 Å². The Morgan fingerprint density at radius 1 is 1.29 bits per heavy atom. The van der Waals surface area contributed by atoms with Crippen molar-refractivity contribution >= 4 is 11.6 Å². The highest BCUT2D eigenvalue weighted by Gasteiger charge is 2.14. The molecule has 21 heavy (non-hydrogen) atoms. The molecule has 1 N–H and O–H groups in total. The quantitative estimate of drug-likeness (QED) is 0.904. The second-order valence-corrected chi connectivity index (χ2v) is 6.27. The molecule has 0 atom stereocenters. The summed E-state index contributed by atoms with van der Waals surface area (Å²) in [5, 5.41) is 4.30. The monoisotopic (exact) mass is 310 g/mol. The van der Waals surface area contributed by atoms with Crippen LogP contribution in [0.5, 0.6) is 5.75 Å². The van der Waals surface area contributed by atoms with E-state index >= 15 is 0 Å². The van der Waals surface area contributed by atoms with E-state index in [1.807, 2.05) is 6.07 Å². The Morgan fingerprint density at radius 3 is 2.86 bits per heavy atom. The summed E-state index contributed by atoms with van der Waals surface area (Å²) in [7, 11) is 1.75. The van der Waals surface area contributed by atoms with Crippen LogP contribution in [0.2, 0.25) is 5.02 Å². The molecule has 0 saturated carbocycles. The highest BCUT2D eigenvalue weighted by atomic mass is 35.5. The Bertz CT molecular complexity index is 468. The molecule has 4 heteroatoms.